The van der Waals surface area contributed by atoms with E-state index in [2.05, 4.69) is 4.98 Å². The molecule has 3 heteroatoms. The maximum absolute atomic E-state index is 10.6. The summed E-state index contributed by atoms with van der Waals surface area (Å²) in [5.74, 6) is 0. The zero-order valence-corrected chi connectivity index (χ0v) is 8.29. The first kappa shape index (κ1) is 9.44. The van der Waals surface area contributed by atoms with Crippen molar-refractivity contribution >= 4 is 22.5 Å². The number of nitrogens with zero attached hydrogens (tertiary/aromatic N) is 1. The zero-order chi connectivity index (χ0) is 9.97. The van der Waals surface area contributed by atoms with Crippen LogP contribution in [0.3, 0.4) is 0 Å². The molecule has 2 aromatic rings. The summed E-state index contributed by atoms with van der Waals surface area (Å²) in [5, 5.41) is 12.1. The van der Waals surface area contributed by atoms with Crippen LogP contribution in [0.5, 0.6) is 0 Å². The minimum atomic E-state index is -0.121. The third-order valence-corrected chi connectivity index (χ3v) is 2.34. The van der Waals surface area contributed by atoms with Crippen LogP contribution in [-0.2, 0) is 11.5 Å². The molecule has 1 aromatic heterocycles. The molecule has 0 unspecified atom stereocenters. The molecule has 0 saturated heterocycles. The number of fused-ring (bicyclic) bond motifs is 1. The van der Waals surface area contributed by atoms with Gasteiger partial charge in [-0.15, -0.1) is 0 Å². The highest BCUT2D eigenvalue weighted by atomic mass is 35.5. The van der Waals surface area contributed by atoms with E-state index in [1.165, 1.54) is 0 Å². The molecule has 0 aliphatic rings. The number of aromatic nitrogens is 1. The van der Waals surface area contributed by atoms with Crippen LogP contribution in [-0.4, -0.2) is 11.6 Å². The molecule has 2 nitrogen and oxygen atoms in total. The first-order chi connectivity index (χ1) is 6.81. The number of halogens is 1. The number of hydrogen-bond donors (Lipinski definition) is 0. The smallest absolute Gasteiger partial charge is 0.130 e. The van der Waals surface area contributed by atoms with Crippen LogP contribution in [0.4, 0.5) is 0 Å². The van der Waals surface area contributed by atoms with Crippen molar-refractivity contribution in [3.63, 3.8) is 0 Å². The Hall–Kier alpha value is -1.12. The average Bonchev–Trinajstić information content (AvgIpc) is 2.18. The van der Waals surface area contributed by atoms with Crippen molar-refractivity contribution in [2.75, 3.05) is 6.61 Å². The van der Waals surface area contributed by atoms with Crippen LogP contribution in [0.1, 0.15) is 5.56 Å². The molecule has 2 rings (SSSR count). The Balaban J connectivity index is 2.67. The summed E-state index contributed by atoms with van der Waals surface area (Å²) in [6, 6.07) is 9.47. The summed E-state index contributed by atoms with van der Waals surface area (Å²) >= 11 is 5.85. The van der Waals surface area contributed by atoms with Gasteiger partial charge in [-0.25, -0.2) is 10.1 Å². The minimum absolute atomic E-state index is 0.121. The highest BCUT2D eigenvalue weighted by Gasteiger charge is 2.03. The van der Waals surface area contributed by atoms with E-state index in [-0.39, 0.29) is 6.61 Å². The van der Waals surface area contributed by atoms with Crippen LogP contribution in [0.2, 0.25) is 5.15 Å². The molecule has 1 radical (unpaired) electrons. The zero-order valence-electron chi connectivity index (χ0n) is 7.53. The fraction of sp³-hybridized carbons (Fsp3) is 0.182. The number of benzene rings is 1. The third-order valence-electron chi connectivity index (χ3n) is 2.14. The summed E-state index contributed by atoms with van der Waals surface area (Å²) in [6.07, 6.45) is 0.503. The van der Waals surface area contributed by atoms with Crippen molar-refractivity contribution < 1.29 is 5.11 Å². The van der Waals surface area contributed by atoms with Crippen molar-refractivity contribution in [1.29, 1.82) is 0 Å². The Labute approximate surface area is 87.2 Å². The Morgan fingerprint density at radius 2 is 2.07 bits per heavy atom. The number of pyridine rings is 1. The lowest BCUT2D eigenvalue weighted by atomic mass is 10.1. The van der Waals surface area contributed by atoms with Gasteiger partial charge in [-0.05, 0) is 24.1 Å². The largest absolute Gasteiger partial charge is 0.236 e. The molecule has 0 N–H and O–H groups in total. The van der Waals surface area contributed by atoms with Crippen molar-refractivity contribution in [2.24, 2.45) is 0 Å². The van der Waals surface area contributed by atoms with Crippen molar-refractivity contribution in [3.05, 3.63) is 41.0 Å². The molecular formula is C11H9ClNO. The lowest BCUT2D eigenvalue weighted by Gasteiger charge is -2.04. The van der Waals surface area contributed by atoms with Gasteiger partial charge in [0.15, 0.2) is 0 Å². The molecule has 1 aromatic carbocycles. The molecule has 0 spiro atoms. The molecule has 0 amide bonds. The molecular weight excluding hydrogens is 198 g/mol. The van der Waals surface area contributed by atoms with Crippen LogP contribution in [0.25, 0.3) is 10.9 Å². The second kappa shape index (κ2) is 3.95. The van der Waals surface area contributed by atoms with E-state index in [0.29, 0.717) is 11.6 Å². The summed E-state index contributed by atoms with van der Waals surface area (Å²) in [5.41, 5.74) is 1.83. The normalized spacial score (nSPS) is 10.7. The van der Waals surface area contributed by atoms with E-state index in [0.717, 1.165) is 16.5 Å². The van der Waals surface area contributed by atoms with Crippen LogP contribution in [0.15, 0.2) is 30.3 Å². The Morgan fingerprint density at radius 3 is 2.86 bits per heavy atom. The Bertz CT molecular complexity index is 456. The van der Waals surface area contributed by atoms with Crippen molar-refractivity contribution in [2.45, 2.75) is 6.42 Å². The summed E-state index contributed by atoms with van der Waals surface area (Å²) in [7, 11) is 0. The third kappa shape index (κ3) is 1.72. The van der Waals surface area contributed by atoms with Crippen LogP contribution in [0, 0.1) is 0 Å². The number of rotatable bonds is 2. The van der Waals surface area contributed by atoms with Gasteiger partial charge in [0.25, 0.3) is 0 Å². The fourth-order valence-electron chi connectivity index (χ4n) is 1.53. The van der Waals surface area contributed by atoms with Gasteiger partial charge in [0.2, 0.25) is 0 Å². The molecule has 0 bridgehead atoms. The number of hydrogen-bond acceptors (Lipinski definition) is 1. The van der Waals surface area contributed by atoms with E-state index < -0.39 is 0 Å². The molecule has 0 aliphatic heterocycles. The number of para-hydroxylation sites is 1. The van der Waals surface area contributed by atoms with Gasteiger partial charge >= 0.3 is 0 Å². The molecule has 14 heavy (non-hydrogen) atoms. The van der Waals surface area contributed by atoms with E-state index in [1.807, 2.05) is 24.3 Å². The molecule has 1 heterocycles. The summed E-state index contributed by atoms with van der Waals surface area (Å²) in [6.45, 7) is -0.121. The van der Waals surface area contributed by atoms with Gasteiger partial charge < -0.3 is 0 Å². The lowest BCUT2D eigenvalue weighted by molar-refractivity contribution is 0.197. The highest BCUT2D eigenvalue weighted by molar-refractivity contribution is 6.29. The molecule has 0 atom stereocenters. The Kier molecular flexibility index (Phi) is 2.66. The van der Waals surface area contributed by atoms with Gasteiger partial charge in [0.05, 0.1) is 12.1 Å². The van der Waals surface area contributed by atoms with Crippen molar-refractivity contribution in [3.8, 4) is 0 Å². The molecule has 0 aliphatic carbocycles. The predicted molar refractivity (Wildman–Crippen MR) is 56.0 cm³/mol. The molecule has 0 fully saturated rings. The van der Waals surface area contributed by atoms with Crippen LogP contribution < -0.4 is 0 Å². The second-order valence-corrected chi connectivity index (χ2v) is 3.46. The maximum atomic E-state index is 10.6. The fourth-order valence-corrected chi connectivity index (χ4v) is 1.75. The maximum Gasteiger partial charge on any atom is 0.130 e. The highest BCUT2D eigenvalue weighted by Crippen LogP contribution is 2.20. The van der Waals surface area contributed by atoms with Gasteiger partial charge in [-0.2, -0.15) is 0 Å². The minimum Gasteiger partial charge on any atom is -0.236 e. The molecule has 0 saturated carbocycles. The van der Waals surface area contributed by atoms with E-state index >= 15 is 0 Å². The Morgan fingerprint density at radius 1 is 1.29 bits per heavy atom. The van der Waals surface area contributed by atoms with Gasteiger partial charge in [-0.1, -0.05) is 29.8 Å². The SMILES string of the molecule is [O]CCc1cc(Cl)nc2ccccc12. The van der Waals surface area contributed by atoms with Gasteiger partial charge in [-0.3, -0.25) is 0 Å². The monoisotopic (exact) mass is 206 g/mol. The van der Waals surface area contributed by atoms with Crippen molar-refractivity contribution in [1.82, 2.24) is 4.98 Å². The standard InChI is InChI=1S/C11H9ClNO/c12-11-7-8(5-6-14)9-3-1-2-4-10(9)13-11/h1-4,7H,5-6H2. The average molecular weight is 207 g/mol. The topological polar surface area (TPSA) is 32.8 Å². The van der Waals surface area contributed by atoms with Gasteiger partial charge in [0, 0.05) is 5.39 Å². The van der Waals surface area contributed by atoms with Crippen LogP contribution >= 0.6 is 11.6 Å². The van der Waals surface area contributed by atoms with Gasteiger partial charge in [0.1, 0.15) is 5.15 Å². The first-order valence-electron chi connectivity index (χ1n) is 4.43. The van der Waals surface area contributed by atoms with E-state index in [4.69, 9.17) is 11.6 Å². The predicted octanol–water partition coefficient (Wildman–Crippen LogP) is 2.86. The summed E-state index contributed by atoms with van der Waals surface area (Å²) in [4.78, 5) is 4.18. The molecule has 71 valence electrons. The lowest BCUT2D eigenvalue weighted by Crippen LogP contribution is -1.93. The second-order valence-electron chi connectivity index (χ2n) is 3.08. The summed E-state index contributed by atoms with van der Waals surface area (Å²) < 4.78 is 0. The van der Waals surface area contributed by atoms with E-state index in [9.17, 15) is 5.11 Å². The van der Waals surface area contributed by atoms with E-state index in [1.54, 1.807) is 6.07 Å². The quantitative estimate of drug-likeness (QED) is 0.696. The first-order valence-corrected chi connectivity index (χ1v) is 4.81.